The average molecular weight is 276 g/mol. The molecular formula is C10H14ClN3O4. The maximum atomic E-state index is 10.8. The smallest absolute Gasteiger partial charge is 0.294 e. The van der Waals surface area contributed by atoms with Crippen LogP contribution in [0, 0.1) is 10.1 Å². The third kappa shape index (κ3) is 3.22. The molecule has 0 saturated heterocycles. The van der Waals surface area contributed by atoms with Crippen LogP contribution in [-0.4, -0.2) is 41.4 Å². The predicted molar refractivity (Wildman–Crippen MR) is 68.9 cm³/mol. The highest BCUT2D eigenvalue weighted by Gasteiger charge is 2.18. The Bertz CT molecular complexity index is 435. The summed E-state index contributed by atoms with van der Waals surface area (Å²) < 4.78 is 0. The normalized spacial score (nSPS) is 10.4. The average Bonchev–Trinajstić information content (AvgIpc) is 2.28. The Hall–Kier alpha value is -1.57. The number of nitrogens with two attached hydrogens (primary N) is 1. The zero-order chi connectivity index (χ0) is 13.7. The molecule has 0 aromatic heterocycles. The first-order chi connectivity index (χ1) is 8.51. The number of rotatable bonds is 6. The van der Waals surface area contributed by atoms with Gasteiger partial charge in [0.2, 0.25) is 0 Å². The first kappa shape index (κ1) is 14.5. The maximum Gasteiger partial charge on any atom is 0.294 e. The SMILES string of the molecule is Nc1cc(Cl)c(N(CCO)CCO)cc1[N+](=O)[O-]. The second-order valence-electron chi connectivity index (χ2n) is 3.55. The lowest BCUT2D eigenvalue weighted by Gasteiger charge is -2.24. The van der Waals surface area contributed by atoms with Crippen molar-refractivity contribution in [1.29, 1.82) is 0 Å². The number of nitrogens with zero attached hydrogens (tertiary/aromatic N) is 2. The summed E-state index contributed by atoms with van der Waals surface area (Å²) in [5, 5.41) is 28.9. The number of nitro groups is 1. The van der Waals surface area contributed by atoms with E-state index < -0.39 is 4.92 Å². The van der Waals surface area contributed by atoms with Gasteiger partial charge in [-0.2, -0.15) is 0 Å². The highest BCUT2D eigenvalue weighted by Crippen LogP contribution is 2.34. The van der Waals surface area contributed by atoms with E-state index in [0.717, 1.165) is 0 Å². The number of nitro benzene ring substituents is 1. The van der Waals surface area contributed by atoms with E-state index in [9.17, 15) is 10.1 Å². The Morgan fingerprint density at radius 1 is 1.33 bits per heavy atom. The van der Waals surface area contributed by atoms with Crippen LogP contribution in [0.4, 0.5) is 17.1 Å². The molecule has 0 spiro atoms. The lowest BCUT2D eigenvalue weighted by Crippen LogP contribution is -2.30. The lowest BCUT2D eigenvalue weighted by atomic mass is 10.2. The van der Waals surface area contributed by atoms with Gasteiger partial charge in [-0.1, -0.05) is 11.6 Å². The first-order valence-corrected chi connectivity index (χ1v) is 5.59. The van der Waals surface area contributed by atoms with Crippen molar-refractivity contribution in [2.24, 2.45) is 0 Å². The summed E-state index contributed by atoms with van der Waals surface area (Å²) in [5.41, 5.74) is 5.58. The molecule has 1 aromatic carbocycles. The van der Waals surface area contributed by atoms with Crippen molar-refractivity contribution in [1.82, 2.24) is 0 Å². The number of anilines is 2. The van der Waals surface area contributed by atoms with E-state index in [2.05, 4.69) is 0 Å². The standard InChI is InChI=1S/C10H14ClN3O4/c11-7-5-8(12)10(14(17)18)6-9(7)13(1-3-15)2-4-16/h5-6,15-16H,1-4,12H2. The molecule has 100 valence electrons. The Morgan fingerprint density at radius 3 is 2.33 bits per heavy atom. The number of aliphatic hydroxyl groups excluding tert-OH is 2. The molecule has 1 aromatic rings. The third-order valence-electron chi connectivity index (χ3n) is 2.37. The van der Waals surface area contributed by atoms with Gasteiger partial charge in [0.25, 0.3) is 5.69 Å². The summed E-state index contributed by atoms with van der Waals surface area (Å²) >= 11 is 5.96. The van der Waals surface area contributed by atoms with Gasteiger partial charge in [0.05, 0.1) is 28.8 Å². The van der Waals surface area contributed by atoms with E-state index in [1.165, 1.54) is 12.1 Å². The van der Waals surface area contributed by atoms with E-state index >= 15 is 0 Å². The molecule has 7 nitrogen and oxygen atoms in total. The summed E-state index contributed by atoms with van der Waals surface area (Å²) in [6.07, 6.45) is 0. The fourth-order valence-electron chi connectivity index (χ4n) is 1.56. The van der Waals surface area contributed by atoms with Crippen LogP contribution in [-0.2, 0) is 0 Å². The maximum absolute atomic E-state index is 10.8. The van der Waals surface area contributed by atoms with Gasteiger partial charge in [0.15, 0.2) is 0 Å². The third-order valence-corrected chi connectivity index (χ3v) is 2.68. The Kier molecular flexibility index (Phi) is 5.14. The second-order valence-corrected chi connectivity index (χ2v) is 3.96. The van der Waals surface area contributed by atoms with Gasteiger partial charge in [0, 0.05) is 19.2 Å². The molecule has 0 aliphatic heterocycles. The van der Waals surface area contributed by atoms with Crippen LogP contribution in [0.15, 0.2) is 12.1 Å². The van der Waals surface area contributed by atoms with Crippen molar-refractivity contribution in [3.8, 4) is 0 Å². The lowest BCUT2D eigenvalue weighted by molar-refractivity contribution is -0.383. The molecule has 4 N–H and O–H groups in total. The Balaban J connectivity index is 3.20. The van der Waals surface area contributed by atoms with Crippen LogP contribution in [0.2, 0.25) is 5.02 Å². The van der Waals surface area contributed by atoms with Crippen LogP contribution in [0.5, 0.6) is 0 Å². The van der Waals surface area contributed by atoms with Crippen LogP contribution < -0.4 is 10.6 Å². The monoisotopic (exact) mass is 275 g/mol. The van der Waals surface area contributed by atoms with Crippen LogP contribution in [0.3, 0.4) is 0 Å². The minimum atomic E-state index is -0.606. The van der Waals surface area contributed by atoms with E-state index in [-0.39, 0.29) is 42.7 Å². The zero-order valence-corrected chi connectivity index (χ0v) is 10.3. The van der Waals surface area contributed by atoms with Crippen molar-refractivity contribution in [2.75, 3.05) is 36.9 Å². The molecule has 0 radical (unpaired) electrons. The molecule has 0 unspecified atom stereocenters. The van der Waals surface area contributed by atoms with E-state index in [4.69, 9.17) is 27.5 Å². The summed E-state index contributed by atoms with van der Waals surface area (Å²) in [5.74, 6) is 0. The summed E-state index contributed by atoms with van der Waals surface area (Å²) in [6, 6.07) is 2.53. The largest absolute Gasteiger partial charge is 0.395 e. The molecule has 0 atom stereocenters. The zero-order valence-electron chi connectivity index (χ0n) is 9.54. The summed E-state index contributed by atoms with van der Waals surface area (Å²) in [4.78, 5) is 11.7. The molecular weight excluding hydrogens is 262 g/mol. The van der Waals surface area contributed by atoms with E-state index in [1.807, 2.05) is 0 Å². The molecule has 0 amide bonds. The van der Waals surface area contributed by atoms with Gasteiger partial charge >= 0.3 is 0 Å². The molecule has 0 bridgehead atoms. The van der Waals surface area contributed by atoms with Gasteiger partial charge in [-0.25, -0.2) is 0 Å². The van der Waals surface area contributed by atoms with E-state index in [1.54, 1.807) is 4.90 Å². The summed E-state index contributed by atoms with van der Waals surface area (Å²) in [7, 11) is 0. The van der Waals surface area contributed by atoms with Gasteiger partial charge in [-0.05, 0) is 6.07 Å². The van der Waals surface area contributed by atoms with Crippen LogP contribution in [0.1, 0.15) is 0 Å². The number of benzene rings is 1. The molecule has 0 aliphatic carbocycles. The van der Waals surface area contributed by atoms with Crippen molar-refractivity contribution >= 4 is 28.7 Å². The molecule has 0 fully saturated rings. The highest BCUT2D eigenvalue weighted by molar-refractivity contribution is 6.33. The van der Waals surface area contributed by atoms with Crippen molar-refractivity contribution in [3.05, 3.63) is 27.3 Å². The number of nitrogen functional groups attached to an aromatic ring is 1. The second kappa shape index (κ2) is 6.39. The molecule has 18 heavy (non-hydrogen) atoms. The fourth-order valence-corrected chi connectivity index (χ4v) is 1.85. The van der Waals surface area contributed by atoms with E-state index in [0.29, 0.717) is 5.69 Å². The van der Waals surface area contributed by atoms with Crippen molar-refractivity contribution in [3.63, 3.8) is 0 Å². The number of hydrogen-bond acceptors (Lipinski definition) is 6. The minimum Gasteiger partial charge on any atom is -0.395 e. The van der Waals surface area contributed by atoms with Crippen LogP contribution >= 0.6 is 11.6 Å². The van der Waals surface area contributed by atoms with Crippen molar-refractivity contribution < 1.29 is 15.1 Å². The highest BCUT2D eigenvalue weighted by atomic mass is 35.5. The first-order valence-electron chi connectivity index (χ1n) is 5.21. The van der Waals surface area contributed by atoms with Gasteiger partial charge < -0.3 is 20.8 Å². The fraction of sp³-hybridized carbons (Fsp3) is 0.400. The van der Waals surface area contributed by atoms with Gasteiger partial charge in [-0.3, -0.25) is 10.1 Å². The Morgan fingerprint density at radius 2 is 1.89 bits per heavy atom. The Labute approximate surface area is 109 Å². The molecule has 1 rings (SSSR count). The predicted octanol–water partition coefficient (Wildman–Crippen LogP) is 0.621. The number of hydrogen-bond donors (Lipinski definition) is 3. The molecule has 0 heterocycles. The summed E-state index contributed by atoms with van der Waals surface area (Å²) in [6.45, 7) is 0.103. The molecule has 8 heteroatoms. The number of aliphatic hydroxyl groups is 2. The minimum absolute atomic E-state index is 0.0262. The molecule has 0 aliphatic rings. The van der Waals surface area contributed by atoms with Crippen LogP contribution in [0.25, 0.3) is 0 Å². The van der Waals surface area contributed by atoms with Gasteiger partial charge in [0.1, 0.15) is 5.69 Å². The number of halogens is 1. The van der Waals surface area contributed by atoms with Gasteiger partial charge in [-0.15, -0.1) is 0 Å². The quantitative estimate of drug-likeness (QED) is 0.398. The molecule has 0 saturated carbocycles. The topological polar surface area (TPSA) is 113 Å². The van der Waals surface area contributed by atoms with Crippen molar-refractivity contribution in [2.45, 2.75) is 0 Å².